The molecule has 2 aromatic rings. The Balaban J connectivity index is 1.39. The van der Waals surface area contributed by atoms with Crippen molar-refractivity contribution in [2.45, 2.75) is 58.0 Å². The van der Waals surface area contributed by atoms with Crippen molar-refractivity contribution in [1.82, 2.24) is 4.98 Å². The molecular weight excluding hydrogens is 521 g/mol. The van der Waals surface area contributed by atoms with Crippen LogP contribution in [0.25, 0.3) is 0 Å². The van der Waals surface area contributed by atoms with E-state index in [2.05, 4.69) is 19.9 Å². The molecule has 3 aliphatic rings. The molecule has 9 nitrogen and oxygen atoms in total. The van der Waals surface area contributed by atoms with Crippen LogP contribution in [0.15, 0.2) is 30.3 Å². The molecule has 2 aliphatic heterocycles. The minimum atomic E-state index is -3.71. The standard InChI is InChI=1S/C28H38FN5O4S/c1-20-17-24(30-25(18-20)34-11-7-27(2,29)8-12-34)31-26(36)22-4-3-21(32-39(37,38)16-15-35)19-23(22)33-13-9-28(5-6-28)10-14-33/h3-4,17-19,32,35H,5-16H2,1-2H3,(H,30,31,36). The Labute approximate surface area is 229 Å². The van der Waals surface area contributed by atoms with Crippen molar-refractivity contribution in [3.63, 3.8) is 0 Å². The summed E-state index contributed by atoms with van der Waals surface area (Å²) in [6.07, 6.45) is 5.45. The van der Waals surface area contributed by atoms with Gasteiger partial charge in [0.25, 0.3) is 5.91 Å². The van der Waals surface area contributed by atoms with Gasteiger partial charge in [0.15, 0.2) is 0 Å². The molecule has 1 aliphatic carbocycles. The van der Waals surface area contributed by atoms with Crippen LogP contribution in [-0.2, 0) is 10.0 Å². The molecule has 3 N–H and O–H groups in total. The summed E-state index contributed by atoms with van der Waals surface area (Å²) >= 11 is 0. The quantitative estimate of drug-likeness (QED) is 0.446. The second kappa shape index (κ2) is 10.6. The van der Waals surface area contributed by atoms with Crippen LogP contribution < -0.4 is 19.8 Å². The van der Waals surface area contributed by atoms with Crippen LogP contribution in [0.5, 0.6) is 0 Å². The van der Waals surface area contributed by atoms with Crippen molar-refractivity contribution < 1.29 is 22.7 Å². The van der Waals surface area contributed by atoms with E-state index in [1.807, 2.05) is 17.9 Å². The maximum absolute atomic E-state index is 14.3. The molecule has 1 aromatic heterocycles. The molecule has 212 valence electrons. The number of aliphatic hydroxyl groups is 1. The third kappa shape index (κ3) is 6.63. The Morgan fingerprint density at radius 2 is 1.69 bits per heavy atom. The van der Waals surface area contributed by atoms with Gasteiger partial charge < -0.3 is 20.2 Å². The molecule has 1 saturated carbocycles. The molecule has 0 atom stereocenters. The van der Waals surface area contributed by atoms with Gasteiger partial charge >= 0.3 is 0 Å². The van der Waals surface area contributed by atoms with Gasteiger partial charge in [-0.2, -0.15) is 0 Å². The van der Waals surface area contributed by atoms with E-state index in [9.17, 15) is 17.6 Å². The zero-order valence-corrected chi connectivity index (χ0v) is 23.5. The number of aryl methyl sites for hydroxylation is 1. The summed E-state index contributed by atoms with van der Waals surface area (Å²) in [5.74, 6) is 0.387. The highest BCUT2D eigenvalue weighted by molar-refractivity contribution is 7.92. The first-order chi connectivity index (χ1) is 18.5. The summed E-state index contributed by atoms with van der Waals surface area (Å²) in [5.41, 5.74) is 1.65. The number of rotatable bonds is 8. The molecule has 3 fully saturated rings. The van der Waals surface area contributed by atoms with Crippen LogP contribution in [0, 0.1) is 12.3 Å². The minimum Gasteiger partial charge on any atom is -0.395 e. The van der Waals surface area contributed by atoms with Crippen molar-refractivity contribution in [3.05, 3.63) is 41.5 Å². The molecule has 39 heavy (non-hydrogen) atoms. The van der Waals surface area contributed by atoms with E-state index in [1.54, 1.807) is 31.2 Å². The fourth-order valence-corrected chi connectivity index (χ4v) is 6.39. The molecule has 2 saturated heterocycles. The Kier molecular flexibility index (Phi) is 7.49. The highest BCUT2D eigenvalue weighted by Crippen LogP contribution is 2.54. The maximum atomic E-state index is 14.3. The Bertz CT molecular complexity index is 1330. The zero-order chi connectivity index (χ0) is 27.8. The van der Waals surface area contributed by atoms with E-state index in [0.29, 0.717) is 59.9 Å². The summed E-state index contributed by atoms with van der Waals surface area (Å²) in [6.45, 7) is 5.80. The lowest BCUT2D eigenvalue weighted by Gasteiger charge is -2.35. The predicted octanol–water partition coefficient (Wildman–Crippen LogP) is 4.09. The topological polar surface area (TPSA) is 115 Å². The van der Waals surface area contributed by atoms with Crippen LogP contribution in [0.3, 0.4) is 0 Å². The molecular formula is C28H38FN5O4S. The summed E-state index contributed by atoms with van der Waals surface area (Å²) in [6, 6.07) is 8.64. The summed E-state index contributed by atoms with van der Waals surface area (Å²) in [4.78, 5) is 22.5. The van der Waals surface area contributed by atoms with Gasteiger partial charge in [-0.3, -0.25) is 9.52 Å². The number of sulfonamides is 1. The first kappa shape index (κ1) is 27.6. The average molecular weight is 560 g/mol. The summed E-state index contributed by atoms with van der Waals surface area (Å²) < 4.78 is 41.4. The number of amides is 1. The number of pyridine rings is 1. The molecule has 1 spiro atoms. The van der Waals surface area contributed by atoms with Gasteiger partial charge in [-0.15, -0.1) is 0 Å². The third-order valence-corrected chi connectivity index (χ3v) is 9.59. The Morgan fingerprint density at radius 1 is 1.03 bits per heavy atom. The maximum Gasteiger partial charge on any atom is 0.258 e. The van der Waals surface area contributed by atoms with Gasteiger partial charge in [-0.05, 0) is 93.7 Å². The first-order valence-electron chi connectivity index (χ1n) is 13.7. The van der Waals surface area contributed by atoms with E-state index in [0.717, 1.165) is 31.5 Å². The number of hydrogen-bond donors (Lipinski definition) is 3. The summed E-state index contributed by atoms with van der Waals surface area (Å²) in [7, 11) is -3.71. The molecule has 11 heteroatoms. The van der Waals surface area contributed by atoms with E-state index in [4.69, 9.17) is 5.11 Å². The van der Waals surface area contributed by atoms with Crippen molar-refractivity contribution >= 4 is 38.9 Å². The van der Waals surface area contributed by atoms with Gasteiger partial charge in [0.05, 0.1) is 29.3 Å². The molecule has 1 aromatic carbocycles. The lowest BCUT2D eigenvalue weighted by Crippen LogP contribution is -2.40. The molecule has 0 bridgehead atoms. The normalized spacial score (nSPS) is 20.1. The molecule has 0 unspecified atom stereocenters. The third-order valence-electron chi connectivity index (χ3n) is 8.33. The van der Waals surface area contributed by atoms with Gasteiger partial charge in [-0.25, -0.2) is 17.8 Å². The minimum absolute atomic E-state index is 0.333. The van der Waals surface area contributed by atoms with Crippen molar-refractivity contribution in [3.8, 4) is 0 Å². The number of carbonyl (C=O) groups excluding carboxylic acids is 1. The fourth-order valence-electron chi connectivity index (χ4n) is 5.56. The van der Waals surface area contributed by atoms with Crippen LogP contribution in [0.4, 0.5) is 27.4 Å². The van der Waals surface area contributed by atoms with Gasteiger partial charge in [0.2, 0.25) is 10.0 Å². The van der Waals surface area contributed by atoms with Crippen molar-refractivity contribution in [1.29, 1.82) is 0 Å². The highest BCUT2D eigenvalue weighted by Gasteiger charge is 2.44. The number of benzene rings is 1. The Morgan fingerprint density at radius 3 is 2.33 bits per heavy atom. The second-order valence-corrected chi connectivity index (χ2v) is 13.4. The van der Waals surface area contributed by atoms with Crippen LogP contribution in [-0.4, -0.2) is 68.6 Å². The van der Waals surface area contributed by atoms with Crippen LogP contribution >= 0.6 is 0 Å². The smallest absolute Gasteiger partial charge is 0.258 e. The predicted molar refractivity (Wildman–Crippen MR) is 152 cm³/mol. The molecule has 3 heterocycles. The summed E-state index contributed by atoms with van der Waals surface area (Å²) in [5, 5.41) is 12.0. The second-order valence-electron chi connectivity index (χ2n) is 11.6. The number of hydrogen-bond acceptors (Lipinski definition) is 7. The van der Waals surface area contributed by atoms with E-state index < -0.39 is 28.1 Å². The number of aromatic nitrogens is 1. The highest BCUT2D eigenvalue weighted by atomic mass is 32.2. The van der Waals surface area contributed by atoms with Crippen molar-refractivity contribution in [2.75, 3.05) is 58.4 Å². The van der Waals surface area contributed by atoms with Gasteiger partial charge in [0, 0.05) is 26.2 Å². The number of aliphatic hydroxyl groups excluding tert-OH is 1. The number of alkyl halides is 1. The lowest BCUT2D eigenvalue weighted by atomic mass is 9.93. The number of nitrogens with zero attached hydrogens (tertiary/aromatic N) is 3. The lowest BCUT2D eigenvalue weighted by molar-refractivity contribution is 0.102. The average Bonchev–Trinajstić information content (AvgIpc) is 3.62. The fraction of sp³-hybridized carbons (Fsp3) is 0.571. The van der Waals surface area contributed by atoms with Gasteiger partial charge in [-0.1, -0.05) is 0 Å². The number of nitrogens with one attached hydrogen (secondary N) is 2. The molecule has 5 rings (SSSR count). The Hall–Kier alpha value is -2.92. The van der Waals surface area contributed by atoms with E-state index in [-0.39, 0.29) is 5.91 Å². The molecule has 1 amide bonds. The van der Waals surface area contributed by atoms with E-state index in [1.165, 1.54) is 12.8 Å². The van der Waals surface area contributed by atoms with Gasteiger partial charge in [0.1, 0.15) is 17.3 Å². The molecule has 0 radical (unpaired) electrons. The SMILES string of the molecule is Cc1cc(NC(=O)c2ccc(NS(=O)(=O)CCO)cc2N2CCC3(CC2)CC3)nc(N2CCC(C)(F)CC2)c1. The zero-order valence-electron chi connectivity index (χ0n) is 22.7. The number of piperidine rings is 2. The number of anilines is 4. The number of carbonyl (C=O) groups is 1. The largest absolute Gasteiger partial charge is 0.395 e. The van der Waals surface area contributed by atoms with Crippen LogP contribution in [0.2, 0.25) is 0 Å². The monoisotopic (exact) mass is 559 g/mol. The van der Waals surface area contributed by atoms with Crippen molar-refractivity contribution in [2.24, 2.45) is 5.41 Å². The number of halogens is 1. The first-order valence-corrected chi connectivity index (χ1v) is 15.4. The van der Waals surface area contributed by atoms with E-state index >= 15 is 0 Å². The van der Waals surface area contributed by atoms with Crippen LogP contribution in [0.1, 0.15) is 61.4 Å².